The minimum atomic E-state index is -2.11. The predicted molar refractivity (Wildman–Crippen MR) is 474 cm³/mol. The van der Waals surface area contributed by atoms with Gasteiger partial charge in [-0.3, -0.25) is 0 Å². The van der Waals surface area contributed by atoms with E-state index in [1.54, 1.807) is 12.1 Å². The molecule has 0 N–H and O–H groups in total. The van der Waals surface area contributed by atoms with Crippen LogP contribution in [0.25, 0.3) is 177 Å². The lowest BCUT2D eigenvalue weighted by atomic mass is 9.71. The van der Waals surface area contributed by atoms with Gasteiger partial charge in [0.1, 0.15) is 33.8 Å². The largest absolute Gasteiger partial charge is 0.449 e. The molecule has 11 heterocycles. The molecule has 0 amide bonds. The lowest BCUT2D eigenvalue weighted by molar-refractivity contribution is -0.659. The fourth-order valence-corrected chi connectivity index (χ4v) is 17.9. The number of hydrogen-bond acceptors (Lipinski definition) is 7. The minimum Gasteiger partial charge on any atom is -0.449 e. The van der Waals surface area contributed by atoms with E-state index in [1.807, 2.05) is 30.8 Å². The van der Waals surface area contributed by atoms with E-state index in [1.165, 1.54) is 56.3 Å². The van der Waals surface area contributed by atoms with Crippen LogP contribution in [-0.4, -0.2) is 15.0 Å². The number of benzene rings is 9. The predicted octanol–water partition coefficient (Wildman–Crippen LogP) is 25.7. The number of furan rings is 4. The first-order valence-electron chi connectivity index (χ1n) is 43.2. The van der Waals surface area contributed by atoms with Crippen molar-refractivity contribution in [1.29, 1.82) is 0 Å². The van der Waals surface area contributed by atoms with Crippen molar-refractivity contribution in [3.8, 4) is 45.0 Å². The van der Waals surface area contributed by atoms with E-state index in [2.05, 4.69) is 301 Å². The van der Waals surface area contributed by atoms with Gasteiger partial charge in [-0.25, -0.2) is 15.0 Å². The Morgan fingerprint density at radius 3 is 1.18 bits per heavy atom. The topological polar surface area (TPSA) is 107 Å². The Morgan fingerprint density at radius 1 is 0.336 bits per heavy atom. The smallest absolute Gasteiger partial charge is 0.228 e. The number of pyridine rings is 7. The third-order valence-corrected chi connectivity index (χ3v) is 24.6. The van der Waals surface area contributed by atoms with Crippen LogP contribution in [0.5, 0.6) is 0 Å². The summed E-state index contributed by atoms with van der Waals surface area (Å²) in [5.41, 5.74) is 26.9. The summed E-state index contributed by atoms with van der Waals surface area (Å²) in [6, 6.07) is 77.7. The quantitative estimate of drug-likeness (QED) is 0.153. The molecule has 0 aliphatic heterocycles. The van der Waals surface area contributed by atoms with E-state index in [4.69, 9.17) is 39.5 Å². The standard InChI is InChI=1S/C30H31N2O.C28H27N2O.C24H21N2O.C23H18NO/c1-19-7-5-6-8-23(19)27-17-24-25-15-22-10-9-21(20-11-13-30(2,3)14-12-20)16-26(22)31-29(25)33-28(24)18-32(27)4;1-18-8-6-7-11-22(18)26-16-23-24-14-21-13-12-20(19-9-4-3-5-10-19)15-25(21)29-28(24)31-27(23)17-30(26)2;1-14-6-8-18(16(3)9-14)22-12-19-20-11-17-7-5-15(2)10-21(17)25-24(20)27-23(19)13-26(22)4;1-15-7-3-5-9-17(15)21-13-20-19-12-11-16-8-4-6-10-18(16)23(19)25-22(20)14-24(21)2/h5-10,15-18,20H,11-14H2,1-4H3;6-8,11-17,19H,3-5,9-10H2,1-2H3;5-13H,1-4H3;3-14H,1-2H3/q4*+1/i20D;19D;1D3;. The summed E-state index contributed by atoms with van der Waals surface area (Å²) in [6.07, 6.45) is 17.5. The van der Waals surface area contributed by atoms with Crippen molar-refractivity contribution in [1.82, 2.24) is 15.0 Å². The normalized spacial score (nSPS) is 15.4. The monoisotopic (exact) mass is 1520 g/mol. The molecule has 0 radical (unpaired) electrons. The van der Waals surface area contributed by atoms with Crippen LogP contribution in [0, 0.1) is 46.9 Å². The molecule has 20 aromatic rings. The summed E-state index contributed by atoms with van der Waals surface area (Å²) in [6.45, 7) is 13.0. The maximum absolute atomic E-state index is 9.16. The van der Waals surface area contributed by atoms with Gasteiger partial charge in [0.15, 0.2) is 5.58 Å². The third kappa shape index (κ3) is 13.7. The van der Waals surface area contributed by atoms with Gasteiger partial charge >= 0.3 is 0 Å². The molecule has 9 aromatic carbocycles. The van der Waals surface area contributed by atoms with E-state index in [-0.39, 0.29) is 0 Å². The van der Waals surface area contributed by atoms with Gasteiger partial charge in [-0.2, -0.15) is 18.3 Å². The zero-order valence-electron chi connectivity index (χ0n) is 72.8. The van der Waals surface area contributed by atoms with Crippen LogP contribution in [0.4, 0.5) is 0 Å². The maximum atomic E-state index is 9.16. The SMILES string of the molecule is Cc1ccccc1-c1cc2c(c[n+]1C)oc1c3ccccc3ccc21.[2H]C([2H])([2H])c1ccc(-c2cc3c(c[n+]2C)oc2nc4cc(C)ccc4cc23)c(C)c1.[2H]C1(c2ccc3cc4c(nc3c2)oc2c[n+](C)c(-c3ccccc3C)cc24)CCC(C)(C)CC1.[2H]C1(c2ccc3cc4c(nc3c2)oc2c[n+](C)c(-c3ccccc3C)cc24)CCCCC1. The number of hydrogen-bond donors (Lipinski definition) is 0. The van der Waals surface area contributed by atoms with E-state index >= 15 is 0 Å². The van der Waals surface area contributed by atoms with Crippen molar-refractivity contribution in [3.63, 3.8) is 0 Å². The van der Waals surface area contributed by atoms with Crippen LogP contribution in [0.15, 0.2) is 267 Å². The number of fused-ring (bicyclic) bond motifs is 17. The Labute approximate surface area is 682 Å². The molecule has 2 saturated carbocycles. The summed E-state index contributed by atoms with van der Waals surface area (Å²) in [5, 5.41) is 14.2. The molecule has 116 heavy (non-hydrogen) atoms. The average Bonchev–Trinajstić information content (AvgIpc) is 1.63. The molecule has 2 aliphatic carbocycles. The van der Waals surface area contributed by atoms with Crippen LogP contribution in [0.3, 0.4) is 0 Å². The average molecular weight is 1530 g/mol. The Bertz CT molecular complexity index is 7580. The van der Waals surface area contributed by atoms with Crippen LogP contribution >= 0.6 is 0 Å². The second-order valence-corrected chi connectivity index (χ2v) is 33.2. The fourth-order valence-electron chi connectivity index (χ4n) is 17.9. The maximum Gasteiger partial charge on any atom is 0.228 e. The molecule has 11 heteroatoms. The van der Waals surface area contributed by atoms with Crippen LogP contribution < -0.4 is 18.3 Å². The molecule has 0 bridgehead atoms. The molecule has 572 valence electrons. The zero-order valence-corrected chi connectivity index (χ0v) is 67.8. The van der Waals surface area contributed by atoms with E-state index in [0.717, 1.165) is 200 Å². The van der Waals surface area contributed by atoms with E-state index < -0.39 is 18.6 Å². The summed E-state index contributed by atoms with van der Waals surface area (Å²) in [4.78, 5) is 14.5. The molecule has 0 atom stereocenters. The third-order valence-electron chi connectivity index (χ3n) is 24.6. The first kappa shape index (κ1) is 67.7. The Morgan fingerprint density at radius 2 is 0.724 bits per heavy atom. The Balaban J connectivity index is 0.000000107. The lowest BCUT2D eigenvalue weighted by Crippen LogP contribution is -2.30. The molecule has 0 unspecified atom stereocenters. The number of aryl methyl sites for hydroxylation is 10. The van der Waals surface area contributed by atoms with Crippen molar-refractivity contribution in [3.05, 3.63) is 294 Å². The highest BCUT2D eigenvalue weighted by molar-refractivity contribution is 6.16. The van der Waals surface area contributed by atoms with Gasteiger partial charge in [0, 0.05) is 118 Å². The van der Waals surface area contributed by atoms with Gasteiger partial charge in [-0.05, 0) is 208 Å². The highest BCUT2D eigenvalue weighted by Gasteiger charge is 2.30. The van der Waals surface area contributed by atoms with Gasteiger partial charge in [0.05, 0.1) is 16.6 Å². The molecule has 11 nitrogen and oxygen atoms in total. The first-order valence-corrected chi connectivity index (χ1v) is 40.7. The van der Waals surface area contributed by atoms with Crippen LogP contribution in [0.2, 0.25) is 0 Å². The lowest BCUT2D eigenvalue weighted by Gasteiger charge is -2.34. The Kier molecular flexibility index (Phi) is 17.3. The van der Waals surface area contributed by atoms with Crippen molar-refractivity contribution in [2.45, 2.75) is 125 Å². The van der Waals surface area contributed by atoms with Crippen LogP contribution in [0.1, 0.15) is 135 Å². The van der Waals surface area contributed by atoms with Gasteiger partial charge in [0.2, 0.25) is 81.5 Å². The zero-order chi connectivity index (χ0) is 83.7. The molecule has 0 spiro atoms. The van der Waals surface area contributed by atoms with Gasteiger partial charge < -0.3 is 17.7 Å². The minimum absolute atomic E-state index is 0.341. The first-order chi connectivity index (χ1) is 58.2. The molecular formula is C105H97N7O4+4. The van der Waals surface area contributed by atoms with Gasteiger partial charge in [0.25, 0.3) is 0 Å². The Hall–Kier alpha value is -12.7. The molecule has 2 fully saturated rings. The molecule has 22 rings (SSSR count). The van der Waals surface area contributed by atoms with E-state index in [9.17, 15) is 0 Å². The van der Waals surface area contributed by atoms with Gasteiger partial charge in [-0.1, -0.05) is 172 Å². The van der Waals surface area contributed by atoms with Crippen molar-refractivity contribution < 1.29 is 42.8 Å². The van der Waals surface area contributed by atoms with Gasteiger partial charge in [-0.15, -0.1) is 0 Å². The van der Waals surface area contributed by atoms with Crippen LogP contribution in [-0.2, 0) is 28.2 Å². The molecule has 11 aromatic heterocycles. The van der Waals surface area contributed by atoms with Crippen molar-refractivity contribution >= 4 is 132 Å². The summed E-state index contributed by atoms with van der Waals surface area (Å²) >= 11 is 0. The molecule has 2 aliphatic rings. The molecular weight excluding hydrogens is 1420 g/mol. The number of aromatic nitrogens is 7. The van der Waals surface area contributed by atoms with Crippen molar-refractivity contribution in [2.75, 3.05) is 0 Å². The highest BCUT2D eigenvalue weighted by atomic mass is 16.3. The fraction of sp³-hybridized carbons (Fsp3) is 0.229. The molecule has 0 saturated heterocycles. The highest BCUT2D eigenvalue weighted by Crippen LogP contribution is 2.45. The number of rotatable bonds is 6. The van der Waals surface area contributed by atoms with Crippen molar-refractivity contribution in [2.24, 2.45) is 33.6 Å². The summed E-state index contributed by atoms with van der Waals surface area (Å²) in [7, 11) is 8.16. The van der Waals surface area contributed by atoms with E-state index in [0.29, 0.717) is 28.1 Å². The second-order valence-electron chi connectivity index (χ2n) is 33.2. The second kappa shape index (κ2) is 29.6. The number of nitrogens with zero attached hydrogens (tertiary/aromatic N) is 7. The summed E-state index contributed by atoms with van der Waals surface area (Å²) < 4.78 is 74.2. The summed E-state index contributed by atoms with van der Waals surface area (Å²) in [5.74, 6) is -1.00.